The molecule has 148 valence electrons. The molecule has 0 spiro atoms. The molecule has 0 saturated carbocycles. The van der Waals surface area contributed by atoms with Crippen LogP contribution >= 0.6 is 0 Å². The average molecular weight is 376 g/mol. The Bertz CT molecular complexity index is 662. The van der Waals surface area contributed by atoms with E-state index in [4.69, 9.17) is 11.5 Å². The second-order valence-corrected chi connectivity index (χ2v) is 6.84. The predicted octanol–water partition coefficient (Wildman–Crippen LogP) is 0.0248. The van der Waals surface area contributed by atoms with Crippen LogP contribution in [0.5, 0.6) is 5.75 Å². The first-order chi connectivity index (χ1) is 12.9. The fourth-order valence-corrected chi connectivity index (χ4v) is 3.27. The van der Waals surface area contributed by atoms with E-state index in [0.717, 1.165) is 18.4 Å². The van der Waals surface area contributed by atoms with Crippen molar-refractivity contribution in [3.63, 3.8) is 0 Å². The average Bonchev–Trinajstić information content (AvgIpc) is 3.12. The molecule has 0 bridgehead atoms. The lowest BCUT2D eigenvalue weighted by Crippen LogP contribution is -2.52. The van der Waals surface area contributed by atoms with Gasteiger partial charge >= 0.3 is 0 Å². The normalized spacial score (nSPS) is 17.5. The van der Waals surface area contributed by atoms with Crippen LogP contribution in [-0.4, -0.2) is 52.9 Å². The summed E-state index contributed by atoms with van der Waals surface area (Å²) in [5, 5.41) is 12.0. The molecule has 1 fully saturated rings. The monoisotopic (exact) mass is 376 g/mol. The second-order valence-electron chi connectivity index (χ2n) is 6.84. The van der Waals surface area contributed by atoms with Crippen LogP contribution in [0.15, 0.2) is 24.3 Å². The van der Waals surface area contributed by atoms with E-state index in [1.165, 1.54) is 12.1 Å². The lowest BCUT2D eigenvalue weighted by Gasteiger charge is -2.26. The number of nitrogens with two attached hydrogens (primary N) is 2. The van der Waals surface area contributed by atoms with Crippen molar-refractivity contribution in [2.24, 2.45) is 11.5 Å². The minimum absolute atomic E-state index is 0.136. The Morgan fingerprint density at radius 3 is 2.56 bits per heavy atom. The number of benzene rings is 1. The summed E-state index contributed by atoms with van der Waals surface area (Å²) in [5.74, 6) is -0.947. The zero-order valence-electron chi connectivity index (χ0n) is 15.4. The number of aromatic hydroxyl groups is 1. The third-order valence-corrected chi connectivity index (χ3v) is 4.77. The van der Waals surface area contributed by atoms with Gasteiger partial charge in [0, 0.05) is 6.54 Å². The van der Waals surface area contributed by atoms with Gasteiger partial charge in [0.15, 0.2) is 0 Å². The summed E-state index contributed by atoms with van der Waals surface area (Å²) in [6.07, 6.45) is 3.32. The van der Waals surface area contributed by atoms with Crippen LogP contribution in [0.2, 0.25) is 0 Å². The number of rotatable bonds is 9. The van der Waals surface area contributed by atoms with Crippen molar-refractivity contribution in [1.29, 1.82) is 0 Å². The Morgan fingerprint density at radius 2 is 1.93 bits per heavy atom. The summed E-state index contributed by atoms with van der Waals surface area (Å²) in [6.45, 7) is 1.02. The summed E-state index contributed by atoms with van der Waals surface area (Å²) >= 11 is 0. The fourth-order valence-electron chi connectivity index (χ4n) is 3.27. The van der Waals surface area contributed by atoms with Crippen molar-refractivity contribution in [2.45, 2.75) is 50.6 Å². The van der Waals surface area contributed by atoms with E-state index in [1.807, 2.05) is 0 Å². The van der Waals surface area contributed by atoms with Crippen molar-refractivity contribution in [1.82, 2.24) is 10.2 Å². The van der Waals surface area contributed by atoms with E-state index in [2.05, 4.69) is 5.32 Å². The minimum Gasteiger partial charge on any atom is -0.508 e. The smallest absolute Gasteiger partial charge is 0.243 e. The number of phenolic OH excluding ortho intramolecular Hbond substituents is 1. The van der Waals surface area contributed by atoms with Gasteiger partial charge in [-0.1, -0.05) is 12.1 Å². The molecule has 8 nitrogen and oxygen atoms in total. The first-order valence-electron chi connectivity index (χ1n) is 9.29. The number of unbranched alkanes of at least 4 members (excludes halogenated alkanes) is 1. The number of primary amides is 1. The van der Waals surface area contributed by atoms with E-state index in [0.29, 0.717) is 32.4 Å². The van der Waals surface area contributed by atoms with Crippen LogP contribution < -0.4 is 16.8 Å². The van der Waals surface area contributed by atoms with E-state index in [9.17, 15) is 19.5 Å². The van der Waals surface area contributed by atoms with E-state index in [1.54, 1.807) is 17.0 Å². The maximum absolute atomic E-state index is 12.6. The Morgan fingerprint density at radius 1 is 1.22 bits per heavy atom. The van der Waals surface area contributed by atoms with E-state index in [-0.39, 0.29) is 24.0 Å². The standard InChI is InChI=1S/C19H28N4O4/c20-10-2-1-4-15(18(21)26)22-19(27)16-5-3-11-23(16)17(25)12-13-6-8-14(24)9-7-13/h6-9,15-16,24H,1-5,10-12,20H2,(H2,21,26)(H,22,27)/t15-,16-/m0/s1. The lowest BCUT2D eigenvalue weighted by atomic mass is 10.1. The van der Waals surface area contributed by atoms with Crippen molar-refractivity contribution >= 4 is 17.7 Å². The number of phenols is 1. The highest BCUT2D eigenvalue weighted by Crippen LogP contribution is 2.20. The third-order valence-electron chi connectivity index (χ3n) is 4.77. The zero-order valence-corrected chi connectivity index (χ0v) is 15.4. The van der Waals surface area contributed by atoms with Crippen LogP contribution in [-0.2, 0) is 20.8 Å². The summed E-state index contributed by atoms with van der Waals surface area (Å²) in [5.41, 5.74) is 11.6. The minimum atomic E-state index is -0.751. The molecular formula is C19H28N4O4. The summed E-state index contributed by atoms with van der Waals surface area (Å²) in [7, 11) is 0. The number of carbonyl (C=O) groups excluding carboxylic acids is 3. The second kappa shape index (κ2) is 9.91. The van der Waals surface area contributed by atoms with Gasteiger partial charge in [-0.25, -0.2) is 0 Å². The maximum atomic E-state index is 12.6. The number of hydrogen-bond acceptors (Lipinski definition) is 5. The topological polar surface area (TPSA) is 139 Å². The van der Waals surface area contributed by atoms with E-state index < -0.39 is 18.0 Å². The van der Waals surface area contributed by atoms with Crippen LogP contribution in [0.4, 0.5) is 0 Å². The van der Waals surface area contributed by atoms with Crippen molar-refractivity contribution in [3.05, 3.63) is 29.8 Å². The molecule has 3 amide bonds. The lowest BCUT2D eigenvalue weighted by molar-refractivity contribution is -0.138. The van der Waals surface area contributed by atoms with Crippen LogP contribution in [0.25, 0.3) is 0 Å². The fraction of sp³-hybridized carbons (Fsp3) is 0.526. The molecule has 2 rings (SSSR count). The molecule has 0 unspecified atom stereocenters. The summed E-state index contributed by atoms with van der Waals surface area (Å²) < 4.78 is 0. The summed E-state index contributed by atoms with van der Waals surface area (Å²) in [6, 6.07) is 5.06. The Hall–Kier alpha value is -2.61. The largest absolute Gasteiger partial charge is 0.508 e. The molecule has 1 aliphatic rings. The number of likely N-dealkylation sites (tertiary alicyclic amines) is 1. The van der Waals surface area contributed by atoms with Gasteiger partial charge < -0.3 is 26.8 Å². The van der Waals surface area contributed by atoms with E-state index >= 15 is 0 Å². The molecule has 0 aliphatic carbocycles. The van der Waals surface area contributed by atoms with Crippen molar-refractivity contribution in [3.8, 4) is 5.75 Å². The first-order valence-corrected chi connectivity index (χ1v) is 9.29. The molecule has 1 saturated heterocycles. The molecule has 1 aromatic rings. The number of amides is 3. The highest BCUT2D eigenvalue weighted by atomic mass is 16.3. The SMILES string of the molecule is NCCCC[C@H](NC(=O)[C@@H]1CCCN1C(=O)Cc1ccc(O)cc1)C(N)=O. The third kappa shape index (κ3) is 5.96. The number of nitrogens with zero attached hydrogens (tertiary/aromatic N) is 1. The van der Waals surface area contributed by atoms with Gasteiger partial charge in [-0.2, -0.15) is 0 Å². The molecule has 27 heavy (non-hydrogen) atoms. The van der Waals surface area contributed by atoms with Gasteiger partial charge in [-0.05, 0) is 56.3 Å². The van der Waals surface area contributed by atoms with Gasteiger partial charge in [0.25, 0.3) is 0 Å². The number of hydrogen-bond donors (Lipinski definition) is 4. The summed E-state index contributed by atoms with van der Waals surface area (Å²) in [4.78, 5) is 38.4. The van der Waals surface area contributed by atoms with Gasteiger partial charge in [0.2, 0.25) is 17.7 Å². The number of nitrogens with one attached hydrogen (secondary N) is 1. The van der Waals surface area contributed by atoms with Gasteiger partial charge in [0.1, 0.15) is 17.8 Å². The predicted molar refractivity (Wildman–Crippen MR) is 101 cm³/mol. The Kier molecular flexibility index (Phi) is 7.60. The van der Waals surface area contributed by atoms with Gasteiger partial charge in [-0.3, -0.25) is 14.4 Å². The zero-order chi connectivity index (χ0) is 19.8. The van der Waals surface area contributed by atoms with Gasteiger partial charge in [-0.15, -0.1) is 0 Å². The quantitative estimate of drug-likeness (QED) is 0.450. The molecule has 0 aromatic heterocycles. The van der Waals surface area contributed by atoms with Gasteiger partial charge in [0.05, 0.1) is 6.42 Å². The molecule has 1 aliphatic heterocycles. The molecule has 8 heteroatoms. The van der Waals surface area contributed by atoms with Crippen molar-refractivity contribution < 1.29 is 19.5 Å². The molecule has 1 aromatic carbocycles. The number of carbonyl (C=O) groups is 3. The molecular weight excluding hydrogens is 348 g/mol. The Labute approximate surface area is 158 Å². The highest BCUT2D eigenvalue weighted by molar-refractivity contribution is 5.92. The van der Waals surface area contributed by atoms with Crippen LogP contribution in [0, 0.1) is 0 Å². The first kappa shape index (κ1) is 20.7. The molecule has 2 atom stereocenters. The molecule has 1 heterocycles. The highest BCUT2D eigenvalue weighted by Gasteiger charge is 2.35. The Balaban J connectivity index is 1.96. The van der Waals surface area contributed by atoms with Crippen LogP contribution in [0.1, 0.15) is 37.7 Å². The van der Waals surface area contributed by atoms with Crippen molar-refractivity contribution in [2.75, 3.05) is 13.1 Å². The maximum Gasteiger partial charge on any atom is 0.243 e. The van der Waals surface area contributed by atoms with Crippen LogP contribution in [0.3, 0.4) is 0 Å². The molecule has 0 radical (unpaired) electrons. The molecule has 6 N–H and O–H groups in total.